The van der Waals surface area contributed by atoms with Crippen molar-refractivity contribution < 1.29 is 4.79 Å². The van der Waals surface area contributed by atoms with E-state index < -0.39 is 0 Å². The Labute approximate surface area is 185 Å². The standard InChI is InChI=1S/C22H26ClN5OS/c23-18-8-5-7-17(20(18)24)22(29)25-10-3-4-11-27-12-14-28(15-13-27)21-16-6-1-2-9-19(16)30-26-21/h1-2,5-9H,3-4,10-15,24H2,(H,25,29). The Morgan fingerprint density at radius 2 is 1.90 bits per heavy atom. The van der Waals surface area contributed by atoms with Crippen molar-refractivity contribution in [1.82, 2.24) is 14.6 Å². The number of nitrogens with two attached hydrogens (primary N) is 1. The molecule has 0 saturated carbocycles. The molecule has 1 saturated heterocycles. The van der Waals surface area contributed by atoms with E-state index in [9.17, 15) is 4.79 Å². The Balaban J connectivity index is 1.17. The number of aromatic nitrogens is 1. The summed E-state index contributed by atoms with van der Waals surface area (Å²) in [5.41, 5.74) is 6.65. The number of anilines is 2. The van der Waals surface area contributed by atoms with Gasteiger partial charge in [0.15, 0.2) is 0 Å². The van der Waals surface area contributed by atoms with Gasteiger partial charge in [0.2, 0.25) is 0 Å². The third-order valence-electron chi connectivity index (χ3n) is 5.51. The quantitative estimate of drug-likeness (QED) is 0.428. The average Bonchev–Trinajstić information content (AvgIpc) is 3.20. The summed E-state index contributed by atoms with van der Waals surface area (Å²) in [7, 11) is 0. The van der Waals surface area contributed by atoms with Crippen molar-refractivity contribution >= 4 is 50.6 Å². The normalized spacial score (nSPS) is 14.9. The fourth-order valence-electron chi connectivity index (χ4n) is 3.78. The van der Waals surface area contributed by atoms with Gasteiger partial charge in [-0.2, -0.15) is 4.37 Å². The van der Waals surface area contributed by atoms with E-state index >= 15 is 0 Å². The van der Waals surface area contributed by atoms with Crippen LogP contribution in [-0.4, -0.2) is 54.4 Å². The fraction of sp³-hybridized carbons (Fsp3) is 0.364. The molecule has 158 valence electrons. The molecular weight excluding hydrogens is 418 g/mol. The topological polar surface area (TPSA) is 74.5 Å². The van der Waals surface area contributed by atoms with Crippen molar-refractivity contribution in [2.45, 2.75) is 12.8 Å². The highest BCUT2D eigenvalue weighted by atomic mass is 35.5. The summed E-state index contributed by atoms with van der Waals surface area (Å²) in [5.74, 6) is 0.956. The van der Waals surface area contributed by atoms with Crippen molar-refractivity contribution in [3.63, 3.8) is 0 Å². The largest absolute Gasteiger partial charge is 0.397 e. The maximum atomic E-state index is 12.3. The number of carbonyl (C=O) groups is 1. The number of hydrogen-bond acceptors (Lipinski definition) is 6. The molecule has 1 aromatic heterocycles. The van der Waals surface area contributed by atoms with E-state index in [1.165, 1.54) is 10.1 Å². The van der Waals surface area contributed by atoms with Crippen LogP contribution in [0.25, 0.3) is 10.1 Å². The summed E-state index contributed by atoms with van der Waals surface area (Å²) >= 11 is 7.56. The number of benzene rings is 2. The van der Waals surface area contributed by atoms with E-state index in [1.807, 2.05) is 0 Å². The van der Waals surface area contributed by atoms with E-state index in [4.69, 9.17) is 17.3 Å². The summed E-state index contributed by atoms with van der Waals surface area (Å²) in [6.07, 6.45) is 1.98. The maximum absolute atomic E-state index is 12.3. The number of hydrogen-bond donors (Lipinski definition) is 2. The lowest BCUT2D eigenvalue weighted by atomic mass is 10.1. The second-order valence-electron chi connectivity index (χ2n) is 7.50. The second-order valence-corrected chi connectivity index (χ2v) is 8.71. The molecule has 1 aliphatic rings. The zero-order chi connectivity index (χ0) is 20.9. The first-order valence-corrected chi connectivity index (χ1v) is 11.4. The molecule has 2 aromatic carbocycles. The van der Waals surface area contributed by atoms with Crippen LogP contribution in [0.4, 0.5) is 11.5 Å². The Hall–Kier alpha value is -2.35. The molecule has 1 amide bonds. The molecule has 3 aromatic rings. The summed E-state index contributed by atoms with van der Waals surface area (Å²) in [6.45, 7) is 5.75. The molecule has 0 aliphatic carbocycles. The van der Waals surface area contributed by atoms with Gasteiger partial charge in [0, 0.05) is 38.1 Å². The highest BCUT2D eigenvalue weighted by molar-refractivity contribution is 7.13. The van der Waals surface area contributed by atoms with Crippen LogP contribution in [0.5, 0.6) is 0 Å². The maximum Gasteiger partial charge on any atom is 0.253 e. The number of rotatable bonds is 7. The highest BCUT2D eigenvalue weighted by Crippen LogP contribution is 2.29. The molecule has 0 unspecified atom stereocenters. The number of nitrogen functional groups attached to an aromatic ring is 1. The van der Waals surface area contributed by atoms with E-state index in [0.29, 0.717) is 22.8 Å². The van der Waals surface area contributed by atoms with Crippen LogP contribution in [-0.2, 0) is 0 Å². The molecule has 2 heterocycles. The van der Waals surface area contributed by atoms with Gasteiger partial charge in [-0.3, -0.25) is 9.69 Å². The van der Waals surface area contributed by atoms with Gasteiger partial charge in [0.05, 0.1) is 21.0 Å². The lowest BCUT2D eigenvalue weighted by molar-refractivity contribution is 0.0953. The van der Waals surface area contributed by atoms with Gasteiger partial charge in [0.1, 0.15) is 5.82 Å². The summed E-state index contributed by atoms with van der Waals surface area (Å²) in [6, 6.07) is 13.6. The smallest absolute Gasteiger partial charge is 0.253 e. The second kappa shape index (κ2) is 9.64. The Kier molecular flexibility index (Phi) is 6.72. The number of piperazine rings is 1. The number of unbranched alkanes of at least 4 members (excludes halogenated alkanes) is 1. The predicted octanol–water partition coefficient (Wildman–Crippen LogP) is 3.86. The number of halogens is 1. The van der Waals surface area contributed by atoms with E-state index in [2.05, 4.69) is 43.8 Å². The zero-order valence-corrected chi connectivity index (χ0v) is 18.4. The van der Waals surface area contributed by atoms with E-state index in [1.54, 1.807) is 29.7 Å². The van der Waals surface area contributed by atoms with Gasteiger partial charge in [-0.1, -0.05) is 29.8 Å². The summed E-state index contributed by atoms with van der Waals surface area (Å²) in [4.78, 5) is 17.1. The Morgan fingerprint density at radius 3 is 2.73 bits per heavy atom. The molecule has 4 rings (SSSR count). The zero-order valence-electron chi connectivity index (χ0n) is 16.8. The first-order chi connectivity index (χ1) is 14.6. The molecule has 0 spiro atoms. The number of carbonyl (C=O) groups excluding carboxylic acids is 1. The van der Waals surface area contributed by atoms with Gasteiger partial charge in [0.25, 0.3) is 5.91 Å². The molecule has 0 bridgehead atoms. The van der Waals surface area contributed by atoms with Gasteiger partial charge in [-0.05, 0) is 55.2 Å². The number of nitrogens with zero attached hydrogens (tertiary/aromatic N) is 3. The minimum atomic E-state index is -0.167. The molecule has 1 fully saturated rings. The Morgan fingerprint density at radius 1 is 1.10 bits per heavy atom. The minimum absolute atomic E-state index is 0.167. The van der Waals surface area contributed by atoms with Crippen LogP contribution in [0.3, 0.4) is 0 Å². The van der Waals surface area contributed by atoms with Crippen LogP contribution < -0.4 is 16.0 Å². The third kappa shape index (κ3) is 4.69. The van der Waals surface area contributed by atoms with E-state index in [-0.39, 0.29) is 5.91 Å². The van der Waals surface area contributed by atoms with Crippen molar-refractivity contribution in [3.8, 4) is 0 Å². The molecule has 1 aliphatic heterocycles. The minimum Gasteiger partial charge on any atom is -0.397 e. The number of amides is 1. The van der Waals surface area contributed by atoms with Gasteiger partial charge in [-0.25, -0.2) is 0 Å². The molecule has 3 N–H and O–H groups in total. The molecule has 30 heavy (non-hydrogen) atoms. The van der Waals surface area contributed by atoms with Gasteiger partial charge < -0.3 is 16.0 Å². The predicted molar refractivity (Wildman–Crippen MR) is 126 cm³/mol. The van der Waals surface area contributed by atoms with Crippen LogP contribution in [0, 0.1) is 0 Å². The lowest BCUT2D eigenvalue weighted by Crippen LogP contribution is -2.46. The van der Waals surface area contributed by atoms with Crippen LogP contribution in [0.1, 0.15) is 23.2 Å². The van der Waals surface area contributed by atoms with Crippen LogP contribution >= 0.6 is 23.1 Å². The van der Waals surface area contributed by atoms with Gasteiger partial charge >= 0.3 is 0 Å². The monoisotopic (exact) mass is 443 g/mol. The molecule has 8 heteroatoms. The first kappa shape index (κ1) is 20.9. The SMILES string of the molecule is Nc1c(Cl)cccc1C(=O)NCCCCN1CCN(c2nsc3ccccc23)CC1. The third-order valence-corrected chi connectivity index (χ3v) is 6.66. The fourth-order valence-corrected chi connectivity index (χ4v) is 4.75. The average molecular weight is 444 g/mol. The first-order valence-electron chi connectivity index (χ1n) is 10.3. The Bertz CT molecular complexity index is 1020. The van der Waals surface area contributed by atoms with Crippen molar-refractivity contribution in [3.05, 3.63) is 53.1 Å². The van der Waals surface area contributed by atoms with Crippen molar-refractivity contribution in [2.75, 3.05) is 49.9 Å². The van der Waals surface area contributed by atoms with Crippen LogP contribution in [0.15, 0.2) is 42.5 Å². The van der Waals surface area contributed by atoms with Crippen molar-refractivity contribution in [1.29, 1.82) is 0 Å². The molecule has 6 nitrogen and oxygen atoms in total. The number of nitrogens with one attached hydrogen (secondary N) is 1. The van der Waals surface area contributed by atoms with E-state index in [0.717, 1.165) is 51.4 Å². The molecule has 0 radical (unpaired) electrons. The number of fused-ring (bicyclic) bond motifs is 1. The van der Waals surface area contributed by atoms with Crippen LogP contribution in [0.2, 0.25) is 5.02 Å². The molecule has 0 atom stereocenters. The lowest BCUT2D eigenvalue weighted by Gasteiger charge is -2.35. The van der Waals surface area contributed by atoms with Crippen molar-refractivity contribution in [2.24, 2.45) is 0 Å². The number of para-hydroxylation sites is 1. The highest BCUT2D eigenvalue weighted by Gasteiger charge is 2.20. The summed E-state index contributed by atoms with van der Waals surface area (Å²) in [5, 5.41) is 4.60. The molecular formula is C22H26ClN5OS. The summed E-state index contributed by atoms with van der Waals surface area (Å²) < 4.78 is 5.92. The van der Waals surface area contributed by atoms with Gasteiger partial charge in [-0.15, -0.1) is 0 Å².